The van der Waals surface area contributed by atoms with Crippen LogP contribution in [-0.2, 0) is 23.9 Å². The Morgan fingerprint density at radius 3 is 2.03 bits per heavy atom. The van der Waals surface area contributed by atoms with Gasteiger partial charge < -0.3 is 9.47 Å². The molecule has 9 fully saturated rings. The van der Waals surface area contributed by atoms with Gasteiger partial charge in [-0.2, -0.15) is 0 Å². The molecule has 9 aliphatic rings. The Hall–Kier alpha value is -1.39. The first-order valence-electron chi connectivity index (χ1n) is 15.3. The van der Waals surface area contributed by atoms with Crippen molar-refractivity contribution in [3.05, 3.63) is 0 Å². The second kappa shape index (κ2) is 7.38. The van der Waals surface area contributed by atoms with Gasteiger partial charge in [-0.05, 0) is 129 Å². The van der Waals surface area contributed by atoms with Crippen LogP contribution < -0.4 is 0 Å². The highest BCUT2D eigenvalue weighted by molar-refractivity contribution is 5.97. The molecule has 5 nitrogen and oxygen atoms in total. The zero-order valence-corrected chi connectivity index (χ0v) is 22.1. The van der Waals surface area contributed by atoms with Gasteiger partial charge in [-0.25, -0.2) is 0 Å². The number of ether oxygens (including phenoxy) is 2. The smallest absolute Gasteiger partial charge is 0.317 e. The molecular weight excluding hydrogens is 452 g/mol. The monoisotopic (exact) mass is 494 g/mol. The molecule has 8 saturated carbocycles. The van der Waals surface area contributed by atoms with E-state index in [1.807, 2.05) is 0 Å². The molecule has 0 aromatic heterocycles. The first-order valence-corrected chi connectivity index (χ1v) is 15.3. The summed E-state index contributed by atoms with van der Waals surface area (Å²) >= 11 is 0. The molecule has 9 rings (SSSR count). The number of carbonyl (C=O) groups excluding carboxylic acids is 3. The largest absolute Gasteiger partial charge is 0.458 e. The lowest BCUT2D eigenvalue weighted by molar-refractivity contribution is -0.216. The van der Waals surface area contributed by atoms with Crippen LogP contribution in [-0.4, -0.2) is 23.5 Å². The zero-order chi connectivity index (χ0) is 24.7. The summed E-state index contributed by atoms with van der Waals surface area (Å²) in [6, 6.07) is 0. The molecule has 0 amide bonds. The summed E-state index contributed by atoms with van der Waals surface area (Å²) in [6.45, 7) is 6.97. The number of fused-ring (bicyclic) bond motifs is 7. The van der Waals surface area contributed by atoms with E-state index in [1.165, 1.54) is 32.1 Å². The molecule has 11 atom stereocenters. The lowest BCUT2D eigenvalue weighted by atomic mass is 9.49. The van der Waals surface area contributed by atoms with Crippen LogP contribution in [0.25, 0.3) is 0 Å². The van der Waals surface area contributed by atoms with Gasteiger partial charge in [0.2, 0.25) is 0 Å². The predicted octanol–water partition coefficient (Wildman–Crippen LogP) is 5.26. The molecule has 1 saturated heterocycles. The van der Waals surface area contributed by atoms with Gasteiger partial charge >= 0.3 is 17.9 Å². The van der Waals surface area contributed by atoms with E-state index in [-0.39, 0.29) is 53.1 Å². The fraction of sp³-hybridized carbons (Fsp3) is 0.903. The quantitative estimate of drug-likeness (QED) is 0.394. The SMILES string of the molecule is CCC1(OC(=O)C2CC3CC2C(C2C(C)C4CC2C2C(=O)OC(=O)C42)C3C)C2CC3CC(C2)CC1C3. The van der Waals surface area contributed by atoms with Crippen LogP contribution in [0.4, 0.5) is 0 Å². The molecule has 11 unspecified atom stereocenters. The standard InChI is InChI=1S/C31H42O5/c1-4-31(18-6-15-5-16(8-18)9-19(31)7-15)36-28(32)22-11-17-10-21(22)24(13(17)2)25-14(3)20-12-23(25)27-26(20)29(33)35-30(27)34/h13-27H,4-12H2,1-3H3. The maximum Gasteiger partial charge on any atom is 0.317 e. The number of hydrogen-bond acceptors (Lipinski definition) is 5. The minimum atomic E-state index is -0.272. The van der Waals surface area contributed by atoms with Gasteiger partial charge in [0, 0.05) is 0 Å². The first kappa shape index (κ1) is 22.6. The summed E-state index contributed by atoms with van der Waals surface area (Å²) < 4.78 is 11.9. The summed E-state index contributed by atoms with van der Waals surface area (Å²) in [5, 5.41) is 0. The van der Waals surface area contributed by atoms with Gasteiger partial charge in [0.25, 0.3) is 0 Å². The Morgan fingerprint density at radius 2 is 1.42 bits per heavy atom. The molecular formula is C31H42O5. The van der Waals surface area contributed by atoms with Crippen LogP contribution >= 0.6 is 0 Å². The molecule has 0 N–H and O–H groups in total. The number of hydrogen-bond donors (Lipinski definition) is 0. The first-order chi connectivity index (χ1) is 17.3. The molecule has 196 valence electrons. The number of cyclic esters (lactones) is 2. The molecule has 8 aliphatic carbocycles. The van der Waals surface area contributed by atoms with E-state index in [0.717, 1.165) is 37.5 Å². The van der Waals surface area contributed by atoms with Gasteiger partial charge in [0.05, 0.1) is 17.8 Å². The number of rotatable bonds is 4. The van der Waals surface area contributed by atoms with Crippen LogP contribution in [0.5, 0.6) is 0 Å². The summed E-state index contributed by atoms with van der Waals surface area (Å²) in [4.78, 5) is 39.1. The summed E-state index contributed by atoms with van der Waals surface area (Å²) in [6.07, 6.45) is 10.6. The van der Waals surface area contributed by atoms with Gasteiger partial charge in [-0.3, -0.25) is 14.4 Å². The normalized spacial score (nSPS) is 59.6. The minimum absolute atomic E-state index is 0.0242. The van der Waals surface area contributed by atoms with Crippen molar-refractivity contribution in [2.75, 3.05) is 0 Å². The lowest BCUT2D eigenvalue weighted by Crippen LogP contribution is -2.60. The van der Waals surface area contributed by atoms with E-state index in [9.17, 15) is 14.4 Å². The predicted molar refractivity (Wildman–Crippen MR) is 131 cm³/mol. The highest BCUT2D eigenvalue weighted by Crippen LogP contribution is 2.69. The van der Waals surface area contributed by atoms with Crippen molar-refractivity contribution in [1.82, 2.24) is 0 Å². The van der Waals surface area contributed by atoms with Crippen molar-refractivity contribution < 1.29 is 23.9 Å². The Kier molecular flexibility index (Phi) is 4.63. The Bertz CT molecular complexity index is 988. The molecule has 5 heteroatoms. The molecule has 8 bridgehead atoms. The van der Waals surface area contributed by atoms with E-state index in [4.69, 9.17) is 9.47 Å². The van der Waals surface area contributed by atoms with E-state index in [0.29, 0.717) is 47.3 Å². The van der Waals surface area contributed by atoms with Gasteiger partial charge in [0.15, 0.2) is 0 Å². The van der Waals surface area contributed by atoms with Crippen molar-refractivity contribution in [2.45, 2.75) is 84.2 Å². The van der Waals surface area contributed by atoms with Crippen molar-refractivity contribution in [1.29, 1.82) is 0 Å². The lowest BCUT2D eigenvalue weighted by Gasteiger charge is -2.60. The van der Waals surface area contributed by atoms with E-state index in [1.54, 1.807) is 0 Å². The molecule has 0 aromatic carbocycles. The van der Waals surface area contributed by atoms with Crippen LogP contribution in [0.15, 0.2) is 0 Å². The highest BCUT2D eigenvalue weighted by atomic mass is 16.6. The third-order valence-corrected chi connectivity index (χ3v) is 14.0. The Labute approximate surface area is 214 Å². The second-order valence-electron chi connectivity index (χ2n) is 14.8. The number of carbonyl (C=O) groups is 3. The molecule has 0 aromatic rings. The molecule has 36 heavy (non-hydrogen) atoms. The third kappa shape index (κ3) is 2.66. The van der Waals surface area contributed by atoms with E-state index < -0.39 is 0 Å². The summed E-state index contributed by atoms with van der Waals surface area (Å²) in [5.74, 6) is 5.44. The number of esters is 3. The maximum absolute atomic E-state index is 14.0. The van der Waals surface area contributed by atoms with Crippen LogP contribution in [0.1, 0.15) is 78.6 Å². The Morgan fingerprint density at radius 1 is 0.806 bits per heavy atom. The second-order valence-corrected chi connectivity index (χ2v) is 14.8. The molecule has 0 radical (unpaired) electrons. The summed E-state index contributed by atoms with van der Waals surface area (Å²) in [7, 11) is 0. The van der Waals surface area contributed by atoms with Gasteiger partial charge in [0.1, 0.15) is 5.60 Å². The van der Waals surface area contributed by atoms with Gasteiger partial charge in [-0.1, -0.05) is 20.8 Å². The summed E-state index contributed by atoms with van der Waals surface area (Å²) in [5.41, 5.74) is -0.214. The molecule has 0 spiro atoms. The van der Waals surface area contributed by atoms with Crippen LogP contribution in [0, 0.1) is 88.8 Å². The van der Waals surface area contributed by atoms with Gasteiger partial charge in [-0.15, -0.1) is 0 Å². The van der Waals surface area contributed by atoms with E-state index >= 15 is 0 Å². The minimum Gasteiger partial charge on any atom is -0.458 e. The zero-order valence-electron chi connectivity index (χ0n) is 22.1. The van der Waals surface area contributed by atoms with Crippen molar-refractivity contribution >= 4 is 17.9 Å². The average molecular weight is 495 g/mol. The fourth-order valence-electron chi connectivity index (χ4n) is 12.9. The average Bonchev–Trinajstić information content (AvgIpc) is 3.63. The van der Waals surface area contributed by atoms with Crippen LogP contribution in [0.3, 0.4) is 0 Å². The van der Waals surface area contributed by atoms with Crippen molar-refractivity contribution in [2.24, 2.45) is 88.8 Å². The highest BCUT2D eigenvalue weighted by Gasteiger charge is 2.69. The fourth-order valence-corrected chi connectivity index (χ4v) is 12.9. The van der Waals surface area contributed by atoms with Crippen LogP contribution in [0.2, 0.25) is 0 Å². The molecule has 1 heterocycles. The Balaban J connectivity index is 1.05. The van der Waals surface area contributed by atoms with Crippen molar-refractivity contribution in [3.63, 3.8) is 0 Å². The van der Waals surface area contributed by atoms with E-state index in [2.05, 4.69) is 20.8 Å². The third-order valence-electron chi connectivity index (χ3n) is 14.0. The maximum atomic E-state index is 14.0. The van der Waals surface area contributed by atoms with Crippen molar-refractivity contribution in [3.8, 4) is 0 Å². The molecule has 1 aliphatic heterocycles. The topological polar surface area (TPSA) is 69.7 Å².